The van der Waals surface area contributed by atoms with Gasteiger partial charge in [-0.25, -0.2) is 4.79 Å². The summed E-state index contributed by atoms with van der Waals surface area (Å²) in [4.78, 5) is 22.3. The van der Waals surface area contributed by atoms with Crippen molar-refractivity contribution in [2.75, 3.05) is 7.11 Å². The van der Waals surface area contributed by atoms with Crippen molar-refractivity contribution in [1.29, 1.82) is 0 Å². The fourth-order valence-electron chi connectivity index (χ4n) is 1.93. The van der Waals surface area contributed by atoms with Crippen LogP contribution in [0.15, 0.2) is 42.5 Å². The van der Waals surface area contributed by atoms with Gasteiger partial charge >= 0.3 is 12.6 Å². The van der Waals surface area contributed by atoms with Crippen LogP contribution in [0, 0.1) is 0 Å². The first-order valence-corrected chi connectivity index (χ1v) is 6.27. The molecule has 0 atom stereocenters. The zero-order valence-electron chi connectivity index (χ0n) is 11.6. The second kappa shape index (κ2) is 6.80. The molecule has 2 aromatic carbocycles. The number of hydrogen-bond acceptors (Lipinski definition) is 4. The van der Waals surface area contributed by atoms with Crippen LogP contribution in [0.4, 0.5) is 8.78 Å². The average Bonchev–Trinajstić information content (AvgIpc) is 2.53. The third-order valence-corrected chi connectivity index (χ3v) is 2.93. The minimum atomic E-state index is -3.00. The van der Waals surface area contributed by atoms with E-state index in [-0.39, 0.29) is 11.3 Å². The molecule has 0 unspecified atom stereocenters. The molecule has 0 radical (unpaired) electrons. The lowest BCUT2D eigenvalue weighted by atomic mass is 10.0. The van der Waals surface area contributed by atoms with Crippen molar-refractivity contribution >= 4 is 12.3 Å². The Morgan fingerprint density at radius 2 is 1.77 bits per heavy atom. The molecule has 0 amide bonds. The normalized spacial score (nSPS) is 10.4. The molecule has 114 valence electrons. The zero-order valence-corrected chi connectivity index (χ0v) is 11.6. The van der Waals surface area contributed by atoms with Crippen LogP contribution in [-0.2, 0) is 4.74 Å². The molecule has 0 fully saturated rings. The number of rotatable bonds is 5. The molecule has 0 bridgehead atoms. The van der Waals surface area contributed by atoms with Gasteiger partial charge in [0, 0.05) is 5.56 Å². The van der Waals surface area contributed by atoms with Crippen LogP contribution >= 0.6 is 0 Å². The van der Waals surface area contributed by atoms with E-state index in [1.165, 1.54) is 25.3 Å². The minimum Gasteiger partial charge on any atom is -0.465 e. The van der Waals surface area contributed by atoms with Crippen molar-refractivity contribution in [3.05, 3.63) is 53.6 Å². The van der Waals surface area contributed by atoms with Crippen LogP contribution in [-0.4, -0.2) is 26.0 Å². The van der Waals surface area contributed by atoms with E-state index in [4.69, 9.17) is 0 Å². The Labute approximate surface area is 125 Å². The maximum Gasteiger partial charge on any atom is 0.387 e. The molecule has 22 heavy (non-hydrogen) atoms. The number of alkyl halides is 2. The number of halogens is 2. The topological polar surface area (TPSA) is 52.6 Å². The lowest BCUT2D eigenvalue weighted by Gasteiger charge is -2.10. The maximum absolute atomic E-state index is 12.4. The molecule has 2 rings (SSSR count). The maximum atomic E-state index is 12.4. The van der Waals surface area contributed by atoms with Crippen molar-refractivity contribution in [2.24, 2.45) is 0 Å². The molecule has 2 aromatic rings. The van der Waals surface area contributed by atoms with E-state index >= 15 is 0 Å². The summed E-state index contributed by atoms with van der Waals surface area (Å²) in [6.45, 7) is -3.00. The zero-order chi connectivity index (χ0) is 16.1. The van der Waals surface area contributed by atoms with Gasteiger partial charge in [-0.3, -0.25) is 4.79 Å². The summed E-state index contributed by atoms with van der Waals surface area (Å²) in [5, 5.41) is 0. The highest BCUT2D eigenvalue weighted by atomic mass is 19.3. The predicted molar refractivity (Wildman–Crippen MR) is 75.2 cm³/mol. The Bertz CT molecular complexity index is 681. The third kappa shape index (κ3) is 3.66. The number of esters is 1. The molecule has 0 aliphatic carbocycles. The molecule has 0 aliphatic heterocycles. The Kier molecular flexibility index (Phi) is 4.83. The molecule has 0 aromatic heterocycles. The molecule has 4 nitrogen and oxygen atoms in total. The second-order valence-electron chi connectivity index (χ2n) is 4.36. The summed E-state index contributed by atoms with van der Waals surface area (Å²) in [6, 6.07) is 10.5. The molecule has 6 heteroatoms. The molecule has 0 saturated carbocycles. The van der Waals surface area contributed by atoms with Gasteiger partial charge in [0.1, 0.15) is 12.0 Å². The Balaban J connectivity index is 2.47. The van der Waals surface area contributed by atoms with E-state index in [1.54, 1.807) is 24.3 Å². The number of carbonyl (C=O) groups is 2. The molecule has 0 saturated heterocycles. The highest BCUT2D eigenvalue weighted by molar-refractivity contribution is 5.91. The van der Waals surface area contributed by atoms with Gasteiger partial charge in [0.25, 0.3) is 0 Å². The van der Waals surface area contributed by atoms with Crippen LogP contribution in [0.25, 0.3) is 11.1 Å². The fraction of sp³-hybridized carbons (Fsp3) is 0.125. The van der Waals surface area contributed by atoms with Crippen LogP contribution in [0.2, 0.25) is 0 Å². The molecule has 0 heterocycles. The monoisotopic (exact) mass is 306 g/mol. The first-order chi connectivity index (χ1) is 10.5. The van der Waals surface area contributed by atoms with E-state index < -0.39 is 12.6 Å². The quantitative estimate of drug-likeness (QED) is 0.626. The summed E-state index contributed by atoms with van der Waals surface area (Å²) in [6.07, 6.45) is 0.694. The lowest BCUT2D eigenvalue weighted by molar-refractivity contribution is -0.0498. The highest BCUT2D eigenvalue weighted by Crippen LogP contribution is 2.27. The number of ether oxygens (including phenoxy) is 2. The summed E-state index contributed by atoms with van der Waals surface area (Å²) in [5.41, 5.74) is 1.72. The number of benzene rings is 2. The number of carbonyl (C=O) groups excluding carboxylic acids is 2. The van der Waals surface area contributed by atoms with Gasteiger partial charge in [0.2, 0.25) is 0 Å². The molecular formula is C16H12F2O4. The second-order valence-corrected chi connectivity index (χ2v) is 4.36. The fourth-order valence-corrected chi connectivity index (χ4v) is 1.93. The standard InChI is InChI=1S/C16H12F2O4/c1-21-15(20)13-6-12(7-14(8-13)22-16(17)18)11-4-2-10(9-19)3-5-11/h2-9,16H,1H3. The van der Waals surface area contributed by atoms with Gasteiger partial charge in [0.05, 0.1) is 12.7 Å². The van der Waals surface area contributed by atoms with Crippen molar-refractivity contribution in [3.8, 4) is 16.9 Å². The van der Waals surface area contributed by atoms with Crippen molar-refractivity contribution in [2.45, 2.75) is 6.61 Å². The van der Waals surface area contributed by atoms with E-state index in [9.17, 15) is 18.4 Å². The first-order valence-electron chi connectivity index (χ1n) is 6.27. The van der Waals surface area contributed by atoms with E-state index in [0.29, 0.717) is 23.0 Å². The van der Waals surface area contributed by atoms with E-state index in [2.05, 4.69) is 9.47 Å². The number of aldehydes is 1. The van der Waals surface area contributed by atoms with Gasteiger partial charge in [-0.1, -0.05) is 24.3 Å². The lowest BCUT2D eigenvalue weighted by Crippen LogP contribution is -2.05. The van der Waals surface area contributed by atoms with Gasteiger partial charge in [-0.05, 0) is 29.3 Å². The average molecular weight is 306 g/mol. The number of methoxy groups -OCH3 is 1. The molecular weight excluding hydrogens is 294 g/mol. The molecule has 0 aliphatic rings. The van der Waals surface area contributed by atoms with Crippen LogP contribution < -0.4 is 4.74 Å². The van der Waals surface area contributed by atoms with Crippen molar-refractivity contribution in [1.82, 2.24) is 0 Å². The summed E-state index contributed by atoms with van der Waals surface area (Å²) in [5.74, 6) is -0.808. The van der Waals surface area contributed by atoms with Crippen LogP contribution in [0.3, 0.4) is 0 Å². The largest absolute Gasteiger partial charge is 0.465 e. The van der Waals surface area contributed by atoms with E-state index in [0.717, 1.165) is 0 Å². The molecule has 0 spiro atoms. The SMILES string of the molecule is COC(=O)c1cc(OC(F)F)cc(-c2ccc(C=O)cc2)c1. The highest BCUT2D eigenvalue weighted by Gasteiger charge is 2.13. The Morgan fingerprint density at radius 3 is 2.32 bits per heavy atom. The van der Waals surface area contributed by atoms with Crippen molar-refractivity contribution < 1.29 is 27.8 Å². The Hall–Kier alpha value is -2.76. The predicted octanol–water partition coefficient (Wildman–Crippen LogP) is 3.55. The summed E-state index contributed by atoms with van der Waals surface area (Å²) < 4.78 is 33.7. The smallest absolute Gasteiger partial charge is 0.387 e. The molecule has 0 N–H and O–H groups in total. The first kappa shape index (κ1) is 15.6. The van der Waals surface area contributed by atoms with Gasteiger partial charge in [-0.15, -0.1) is 0 Å². The summed E-state index contributed by atoms with van der Waals surface area (Å²) in [7, 11) is 1.20. The van der Waals surface area contributed by atoms with Gasteiger partial charge in [-0.2, -0.15) is 8.78 Å². The summed E-state index contributed by atoms with van der Waals surface area (Å²) >= 11 is 0. The van der Waals surface area contributed by atoms with Crippen LogP contribution in [0.1, 0.15) is 20.7 Å². The minimum absolute atomic E-state index is 0.0927. The van der Waals surface area contributed by atoms with E-state index in [1.807, 2.05) is 0 Å². The Morgan fingerprint density at radius 1 is 1.09 bits per heavy atom. The third-order valence-electron chi connectivity index (χ3n) is 2.93. The van der Waals surface area contributed by atoms with Gasteiger partial charge in [0.15, 0.2) is 0 Å². The number of hydrogen-bond donors (Lipinski definition) is 0. The van der Waals surface area contributed by atoms with Crippen molar-refractivity contribution in [3.63, 3.8) is 0 Å². The van der Waals surface area contributed by atoms with Crippen LogP contribution in [0.5, 0.6) is 5.75 Å². The van der Waals surface area contributed by atoms with Gasteiger partial charge < -0.3 is 9.47 Å².